The van der Waals surface area contributed by atoms with Crippen molar-refractivity contribution in [1.29, 1.82) is 0 Å². The summed E-state index contributed by atoms with van der Waals surface area (Å²) in [4.78, 5) is 44.5. The molecule has 3 aromatic rings. The van der Waals surface area contributed by atoms with E-state index in [4.69, 9.17) is 0 Å². The number of piperazine rings is 1. The van der Waals surface area contributed by atoms with Crippen LogP contribution in [-0.4, -0.2) is 51.4 Å². The third kappa shape index (κ3) is 5.25. The fourth-order valence-corrected chi connectivity index (χ4v) is 4.36. The lowest BCUT2D eigenvalue weighted by atomic mass is 10.1. The molecular formula is C22H26N8O2S. The molecule has 0 radical (unpaired) electrons. The first kappa shape index (κ1) is 22.6. The van der Waals surface area contributed by atoms with Crippen molar-refractivity contribution in [3.05, 3.63) is 45.7 Å². The first-order chi connectivity index (χ1) is 15.8. The number of anilines is 4. The van der Waals surface area contributed by atoms with E-state index < -0.39 is 0 Å². The molecule has 11 heteroatoms. The Kier molecular flexibility index (Phi) is 6.50. The van der Waals surface area contributed by atoms with Gasteiger partial charge in [0.25, 0.3) is 5.91 Å². The first-order valence-corrected chi connectivity index (χ1v) is 11.5. The summed E-state index contributed by atoms with van der Waals surface area (Å²) in [5, 5.41) is 9.35. The van der Waals surface area contributed by atoms with E-state index in [0.717, 1.165) is 22.4 Å². The molecule has 2 amide bonds. The molecule has 33 heavy (non-hydrogen) atoms. The highest BCUT2D eigenvalue weighted by atomic mass is 32.1. The number of thiazole rings is 1. The van der Waals surface area contributed by atoms with Crippen molar-refractivity contribution >= 4 is 45.9 Å². The summed E-state index contributed by atoms with van der Waals surface area (Å²) in [6.45, 7) is 9.30. The fourth-order valence-electron chi connectivity index (χ4n) is 3.66. The number of carbonyl (C=O) groups is 2. The van der Waals surface area contributed by atoms with Crippen LogP contribution in [0.25, 0.3) is 0 Å². The third-order valence-electron chi connectivity index (χ3n) is 5.17. The van der Waals surface area contributed by atoms with Gasteiger partial charge in [0.05, 0.1) is 12.7 Å². The van der Waals surface area contributed by atoms with Crippen molar-refractivity contribution in [2.75, 3.05) is 35.2 Å². The molecule has 0 aliphatic carbocycles. The number of hydrogen-bond acceptors (Lipinski definition) is 9. The number of aryl methyl sites for hydroxylation is 4. The summed E-state index contributed by atoms with van der Waals surface area (Å²) in [5.74, 6) is 1.09. The van der Waals surface area contributed by atoms with E-state index in [-0.39, 0.29) is 18.4 Å². The van der Waals surface area contributed by atoms with Gasteiger partial charge in [-0.05, 0) is 31.9 Å². The molecule has 1 aliphatic rings. The van der Waals surface area contributed by atoms with Crippen LogP contribution in [0.15, 0.2) is 18.3 Å². The van der Waals surface area contributed by atoms with Gasteiger partial charge in [0.15, 0.2) is 5.13 Å². The summed E-state index contributed by atoms with van der Waals surface area (Å²) in [6.07, 6.45) is 2.14. The molecule has 3 N–H and O–H groups in total. The Labute approximate surface area is 195 Å². The minimum Gasteiger partial charge on any atom is -0.353 e. The highest BCUT2D eigenvalue weighted by molar-refractivity contribution is 7.17. The Morgan fingerprint density at radius 3 is 2.64 bits per heavy atom. The quantitative estimate of drug-likeness (QED) is 0.506. The van der Waals surface area contributed by atoms with Crippen LogP contribution < -0.4 is 20.9 Å². The van der Waals surface area contributed by atoms with Crippen LogP contribution in [0.5, 0.6) is 0 Å². The van der Waals surface area contributed by atoms with Crippen LogP contribution in [0.2, 0.25) is 0 Å². The lowest BCUT2D eigenvalue weighted by molar-refractivity contribution is -0.120. The van der Waals surface area contributed by atoms with Gasteiger partial charge in [0, 0.05) is 25.2 Å². The zero-order chi connectivity index (χ0) is 23.5. The van der Waals surface area contributed by atoms with Gasteiger partial charge >= 0.3 is 0 Å². The molecule has 2 aromatic heterocycles. The first-order valence-electron chi connectivity index (χ1n) is 10.7. The van der Waals surface area contributed by atoms with Gasteiger partial charge in [0.1, 0.15) is 10.7 Å². The average Bonchev–Trinajstić information content (AvgIpc) is 3.24. The Morgan fingerprint density at radius 1 is 1.18 bits per heavy atom. The number of benzene rings is 1. The third-order valence-corrected chi connectivity index (χ3v) is 6.08. The largest absolute Gasteiger partial charge is 0.353 e. The van der Waals surface area contributed by atoms with E-state index in [1.54, 1.807) is 0 Å². The number of hydrogen-bond donors (Lipinski definition) is 3. The number of carbonyl (C=O) groups excluding carboxylic acids is 2. The number of rotatable bonds is 6. The highest BCUT2D eigenvalue weighted by Crippen LogP contribution is 2.26. The van der Waals surface area contributed by atoms with Gasteiger partial charge in [-0.3, -0.25) is 14.9 Å². The normalized spacial score (nSPS) is 13.6. The lowest BCUT2D eigenvalue weighted by Crippen LogP contribution is -2.48. The molecule has 0 spiro atoms. The van der Waals surface area contributed by atoms with Gasteiger partial charge in [-0.1, -0.05) is 36.0 Å². The summed E-state index contributed by atoms with van der Waals surface area (Å²) < 4.78 is 0. The summed E-state index contributed by atoms with van der Waals surface area (Å²) in [7, 11) is 0. The van der Waals surface area contributed by atoms with Gasteiger partial charge in [-0.25, -0.2) is 4.98 Å². The maximum Gasteiger partial charge on any atom is 0.267 e. The highest BCUT2D eigenvalue weighted by Gasteiger charge is 2.21. The molecule has 1 fully saturated rings. The summed E-state index contributed by atoms with van der Waals surface area (Å²) in [6, 6.07) is 4.08. The monoisotopic (exact) mass is 466 g/mol. The van der Waals surface area contributed by atoms with Crippen LogP contribution in [0, 0.1) is 20.8 Å². The Hall–Kier alpha value is -3.60. The summed E-state index contributed by atoms with van der Waals surface area (Å²) in [5.41, 5.74) is 3.99. The molecule has 3 heterocycles. The standard InChI is InChI=1S/C22H26N8O2S/c1-5-16-25-20(28-21(26-16)30-7-6-23-17(31)11-30)29-22-24-10-15(33-22)19(32)27-18-13(3)8-12(2)9-14(18)4/h8-10H,5-7,11H2,1-4H3,(H,23,31)(H,27,32)(H,24,25,26,28,29). The van der Waals surface area contributed by atoms with E-state index >= 15 is 0 Å². The van der Waals surface area contributed by atoms with Gasteiger partial charge in [-0.15, -0.1) is 0 Å². The van der Waals surface area contributed by atoms with E-state index in [0.29, 0.717) is 47.2 Å². The van der Waals surface area contributed by atoms with Gasteiger partial charge < -0.3 is 15.5 Å². The van der Waals surface area contributed by atoms with Crippen molar-refractivity contribution in [2.24, 2.45) is 0 Å². The minimum absolute atomic E-state index is 0.0659. The Balaban J connectivity index is 1.51. The molecule has 0 unspecified atom stereocenters. The van der Waals surface area contributed by atoms with E-state index in [2.05, 4.69) is 35.9 Å². The van der Waals surface area contributed by atoms with Crippen molar-refractivity contribution < 1.29 is 9.59 Å². The maximum atomic E-state index is 12.8. The Morgan fingerprint density at radius 2 is 1.94 bits per heavy atom. The van der Waals surface area contributed by atoms with Crippen molar-refractivity contribution in [3.63, 3.8) is 0 Å². The van der Waals surface area contributed by atoms with Crippen LogP contribution in [-0.2, 0) is 11.2 Å². The molecule has 1 saturated heterocycles. The average molecular weight is 467 g/mol. The zero-order valence-electron chi connectivity index (χ0n) is 19.0. The smallest absolute Gasteiger partial charge is 0.267 e. The second-order valence-electron chi connectivity index (χ2n) is 7.88. The van der Waals surface area contributed by atoms with E-state index in [1.165, 1.54) is 17.5 Å². The SMILES string of the molecule is CCc1nc(Nc2ncc(C(=O)Nc3c(C)cc(C)cc3C)s2)nc(N2CCNC(=O)C2)n1. The van der Waals surface area contributed by atoms with Crippen molar-refractivity contribution in [3.8, 4) is 0 Å². The molecule has 0 saturated carbocycles. The molecule has 10 nitrogen and oxygen atoms in total. The molecule has 1 aliphatic heterocycles. The van der Waals surface area contributed by atoms with Gasteiger partial charge in [-0.2, -0.15) is 15.0 Å². The van der Waals surface area contributed by atoms with E-state index in [9.17, 15) is 9.59 Å². The molecule has 0 atom stereocenters. The van der Waals surface area contributed by atoms with Crippen LogP contribution in [0.3, 0.4) is 0 Å². The maximum absolute atomic E-state index is 12.8. The number of nitrogens with zero attached hydrogens (tertiary/aromatic N) is 5. The fraction of sp³-hybridized carbons (Fsp3) is 0.364. The van der Waals surface area contributed by atoms with Crippen molar-refractivity contribution in [2.45, 2.75) is 34.1 Å². The topological polar surface area (TPSA) is 125 Å². The van der Waals surface area contributed by atoms with E-state index in [1.807, 2.05) is 44.7 Å². The van der Waals surface area contributed by atoms with Crippen LogP contribution in [0.4, 0.5) is 22.7 Å². The molecule has 0 bridgehead atoms. The zero-order valence-corrected chi connectivity index (χ0v) is 19.8. The number of aromatic nitrogens is 4. The van der Waals surface area contributed by atoms with Crippen LogP contribution >= 0.6 is 11.3 Å². The molecular weight excluding hydrogens is 440 g/mol. The predicted molar refractivity (Wildman–Crippen MR) is 128 cm³/mol. The van der Waals surface area contributed by atoms with Gasteiger partial charge in [0.2, 0.25) is 17.8 Å². The second kappa shape index (κ2) is 9.49. The molecule has 172 valence electrons. The summed E-state index contributed by atoms with van der Waals surface area (Å²) >= 11 is 1.21. The number of amides is 2. The van der Waals surface area contributed by atoms with Crippen LogP contribution in [0.1, 0.15) is 39.1 Å². The molecule has 1 aromatic carbocycles. The predicted octanol–water partition coefficient (Wildman–Crippen LogP) is 2.75. The molecule has 4 rings (SSSR count). The minimum atomic E-state index is -0.222. The number of nitrogens with one attached hydrogen (secondary N) is 3. The second-order valence-corrected chi connectivity index (χ2v) is 8.91. The Bertz CT molecular complexity index is 1190. The van der Waals surface area contributed by atoms with Crippen molar-refractivity contribution in [1.82, 2.24) is 25.3 Å². The lowest BCUT2D eigenvalue weighted by Gasteiger charge is -2.26.